The minimum atomic E-state index is -3.90. The van der Waals surface area contributed by atoms with Crippen LogP contribution in [0.15, 0.2) is 78.9 Å². The molecule has 0 aliphatic heterocycles. The van der Waals surface area contributed by atoms with Crippen LogP contribution in [0.1, 0.15) is 31.9 Å². The summed E-state index contributed by atoms with van der Waals surface area (Å²) in [7, 11) is -2.47. The van der Waals surface area contributed by atoms with Crippen molar-refractivity contribution in [2.75, 3.05) is 24.2 Å². The molecule has 8 nitrogen and oxygen atoms in total. The number of hydrogen-bond acceptors (Lipinski definition) is 5. The molecule has 0 bridgehead atoms. The van der Waals surface area contributed by atoms with Crippen molar-refractivity contribution in [3.63, 3.8) is 0 Å². The van der Waals surface area contributed by atoms with E-state index < -0.39 is 34.1 Å². The van der Waals surface area contributed by atoms with E-state index in [1.165, 1.54) is 12.0 Å². The lowest BCUT2D eigenvalue weighted by Crippen LogP contribution is -2.56. The molecule has 0 saturated heterocycles. The van der Waals surface area contributed by atoms with Crippen molar-refractivity contribution in [1.29, 1.82) is 0 Å². The Morgan fingerprint density at radius 3 is 2.10 bits per heavy atom. The smallest absolute Gasteiger partial charge is 0.244 e. The van der Waals surface area contributed by atoms with Gasteiger partial charge in [0.05, 0.1) is 19.1 Å². The van der Waals surface area contributed by atoms with E-state index in [2.05, 4.69) is 5.32 Å². The van der Waals surface area contributed by atoms with Gasteiger partial charge in [0.2, 0.25) is 21.8 Å². The zero-order chi connectivity index (χ0) is 29.5. The van der Waals surface area contributed by atoms with Crippen LogP contribution in [0, 0.1) is 0 Å². The molecule has 1 N–H and O–H groups in total. The van der Waals surface area contributed by atoms with Crippen LogP contribution >= 0.6 is 11.6 Å². The molecule has 40 heavy (non-hydrogen) atoms. The lowest BCUT2D eigenvalue weighted by atomic mass is 10.0. The molecular formula is C30H36ClN3O5S. The van der Waals surface area contributed by atoms with E-state index in [1.807, 2.05) is 51.1 Å². The van der Waals surface area contributed by atoms with Crippen LogP contribution in [0.2, 0.25) is 5.02 Å². The topological polar surface area (TPSA) is 96.0 Å². The van der Waals surface area contributed by atoms with Crippen LogP contribution < -0.4 is 14.4 Å². The molecule has 214 valence electrons. The van der Waals surface area contributed by atoms with Gasteiger partial charge in [-0.3, -0.25) is 13.9 Å². The van der Waals surface area contributed by atoms with Crippen LogP contribution in [-0.2, 0) is 32.6 Å². The average molecular weight is 586 g/mol. The van der Waals surface area contributed by atoms with E-state index in [-0.39, 0.29) is 24.6 Å². The second kappa shape index (κ2) is 13.2. The Labute approximate surface area is 241 Å². The number of halogens is 1. The summed E-state index contributed by atoms with van der Waals surface area (Å²) in [5, 5.41) is 3.53. The fourth-order valence-corrected chi connectivity index (χ4v) is 5.20. The number of rotatable bonds is 11. The number of sulfonamides is 1. The summed E-state index contributed by atoms with van der Waals surface area (Å²) in [5.74, 6) is -0.588. The van der Waals surface area contributed by atoms with Crippen molar-refractivity contribution in [2.45, 2.75) is 45.3 Å². The standard InChI is InChI=1S/C30H36ClN3O5S/c1-30(2,3)32-29(36)26(19-22-11-7-6-8-12-22)33(20-23-15-17-24(31)18-16-23)28(35)21-34(40(5,37)38)25-13-9-10-14-27(25)39-4/h6-18,26H,19-21H2,1-5H3,(H,32,36). The molecule has 1 atom stereocenters. The summed E-state index contributed by atoms with van der Waals surface area (Å²) in [4.78, 5) is 29.3. The summed E-state index contributed by atoms with van der Waals surface area (Å²) in [6, 6.07) is 22.0. The van der Waals surface area contributed by atoms with Crippen molar-refractivity contribution in [3.8, 4) is 5.75 Å². The lowest BCUT2D eigenvalue weighted by Gasteiger charge is -2.35. The third-order valence-corrected chi connectivity index (χ3v) is 7.45. The maximum absolute atomic E-state index is 14.1. The van der Waals surface area contributed by atoms with Crippen LogP contribution in [0.5, 0.6) is 5.75 Å². The van der Waals surface area contributed by atoms with Gasteiger partial charge in [-0.15, -0.1) is 0 Å². The molecule has 0 fully saturated rings. The van der Waals surface area contributed by atoms with Gasteiger partial charge in [0.15, 0.2) is 0 Å². The van der Waals surface area contributed by atoms with Crippen molar-refractivity contribution in [2.24, 2.45) is 0 Å². The minimum Gasteiger partial charge on any atom is -0.495 e. The van der Waals surface area contributed by atoms with Gasteiger partial charge < -0.3 is 15.0 Å². The molecule has 1 unspecified atom stereocenters. The predicted octanol–water partition coefficient (Wildman–Crippen LogP) is 4.67. The number of amides is 2. The van der Waals surface area contributed by atoms with E-state index in [9.17, 15) is 18.0 Å². The number of benzene rings is 3. The molecule has 3 aromatic carbocycles. The molecule has 0 spiro atoms. The Hall–Kier alpha value is -3.56. The van der Waals surface area contributed by atoms with Crippen molar-refractivity contribution >= 4 is 39.1 Å². The highest BCUT2D eigenvalue weighted by Crippen LogP contribution is 2.30. The first-order chi connectivity index (χ1) is 18.8. The Bertz CT molecular complexity index is 1410. The van der Waals surface area contributed by atoms with Gasteiger partial charge in [0.25, 0.3) is 0 Å². The van der Waals surface area contributed by atoms with Crippen LogP contribution in [0.4, 0.5) is 5.69 Å². The Balaban J connectivity index is 2.09. The lowest BCUT2D eigenvalue weighted by molar-refractivity contribution is -0.140. The van der Waals surface area contributed by atoms with Gasteiger partial charge in [-0.1, -0.05) is 66.2 Å². The number of carbonyl (C=O) groups excluding carboxylic acids is 2. The zero-order valence-corrected chi connectivity index (χ0v) is 25.0. The molecule has 0 aliphatic carbocycles. The summed E-state index contributed by atoms with van der Waals surface area (Å²) >= 11 is 6.09. The number of methoxy groups -OCH3 is 1. The summed E-state index contributed by atoms with van der Waals surface area (Å²) in [6.07, 6.45) is 1.26. The molecule has 0 saturated carbocycles. The van der Waals surface area contributed by atoms with Gasteiger partial charge in [-0.25, -0.2) is 8.42 Å². The van der Waals surface area contributed by atoms with Gasteiger partial charge in [0, 0.05) is 23.5 Å². The Morgan fingerprint density at radius 2 is 1.52 bits per heavy atom. The highest BCUT2D eigenvalue weighted by molar-refractivity contribution is 7.92. The number of nitrogens with zero attached hydrogens (tertiary/aromatic N) is 2. The normalized spacial score (nSPS) is 12.3. The van der Waals surface area contributed by atoms with Crippen LogP contribution in [-0.4, -0.2) is 56.6 Å². The highest BCUT2D eigenvalue weighted by Gasteiger charge is 2.34. The van der Waals surface area contributed by atoms with Gasteiger partial charge in [-0.05, 0) is 56.2 Å². The maximum Gasteiger partial charge on any atom is 0.244 e. The molecule has 0 aliphatic rings. The second-order valence-corrected chi connectivity index (χ2v) is 12.9. The van der Waals surface area contributed by atoms with Crippen molar-refractivity contribution < 1.29 is 22.7 Å². The number of anilines is 1. The Kier molecular flexibility index (Phi) is 10.2. The molecule has 2 amide bonds. The number of hydrogen-bond donors (Lipinski definition) is 1. The third-order valence-electron chi connectivity index (χ3n) is 6.07. The number of ether oxygens (including phenoxy) is 1. The summed E-state index contributed by atoms with van der Waals surface area (Å²) < 4.78 is 32.3. The summed E-state index contributed by atoms with van der Waals surface area (Å²) in [5.41, 5.74) is 1.26. The predicted molar refractivity (Wildman–Crippen MR) is 159 cm³/mol. The SMILES string of the molecule is COc1ccccc1N(CC(=O)N(Cc1ccc(Cl)cc1)C(Cc1ccccc1)C(=O)NC(C)(C)C)S(C)(=O)=O. The molecule has 3 rings (SSSR count). The van der Waals surface area contributed by atoms with Crippen molar-refractivity contribution in [1.82, 2.24) is 10.2 Å². The molecule has 0 heterocycles. The van der Waals surface area contributed by atoms with Crippen molar-refractivity contribution in [3.05, 3.63) is 95.0 Å². The number of nitrogens with one attached hydrogen (secondary N) is 1. The van der Waals surface area contributed by atoms with E-state index in [0.717, 1.165) is 21.7 Å². The quantitative estimate of drug-likeness (QED) is 0.353. The average Bonchev–Trinajstić information content (AvgIpc) is 2.89. The molecule has 10 heteroatoms. The van der Waals surface area contributed by atoms with Gasteiger partial charge in [-0.2, -0.15) is 0 Å². The Morgan fingerprint density at radius 1 is 0.925 bits per heavy atom. The van der Waals surface area contributed by atoms with E-state index in [1.54, 1.807) is 48.5 Å². The first-order valence-electron chi connectivity index (χ1n) is 12.8. The molecular weight excluding hydrogens is 550 g/mol. The fourth-order valence-electron chi connectivity index (χ4n) is 4.22. The minimum absolute atomic E-state index is 0.0641. The van der Waals surface area contributed by atoms with E-state index >= 15 is 0 Å². The van der Waals surface area contributed by atoms with Crippen LogP contribution in [0.25, 0.3) is 0 Å². The van der Waals surface area contributed by atoms with Crippen LogP contribution in [0.3, 0.4) is 0 Å². The highest BCUT2D eigenvalue weighted by atomic mass is 35.5. The van der Waals surface area contributed by atoms with Gasteiger partial charge in [0.1, 0.15) is 18.3 Å². The number of carbonyl (C=O) groups is 2. The fraction of sp³-hybridized carbons (Fsp3) is 0.333. The largest absolute Gasteiger partial charge is 0.495 e. The monoisotopic (exact) mass is 585 g/mol. The first-order valence-corrected chi connectivity index (χ1v) is 15.0. The zero-order valence-electron chi connectivity index (χ0n) is 23.4. The number of para-hydroxylation sites is 2. The van der Waals surface area contributed by atoms with Gasteiger partial charge >= 0.3 is 0 Å². The second-order valence-electron chi connectivity index (χ2n) is 10.5. The molecule has 3 aromatic rings. The van der Waals surface area contributed by atoms with E-state index in [4.69, 9.17) is 16.3 Å². The maximum atomic E-state index is 14.1. The molecule has 0 radical (unpaired) electrons. The summed E-state index contributed by atoms with van der Waals surface area (Å²) in [6.45, 7) is 5.13. The third kappa shape index (κ3) is 8.72. The first kappa shape index (κ1) is 31.0. The van der Waals surface area contributed by atoms with E-state index in [0.29, 0.717) is 10.8 Å². The molecule has 0 aromatic heterocycles.